The molecule has 1 N–H and O–H groups in total. The predicted octanol–water partition coefficient (Wildman–Crippen LogP) is 4.11. The summed E-state index contributed by atoms with van der Waals surface area (Å²) >= 11 is 4.96. The van der Waals surface area contributed by atoms with Gasteiger partial charge in [-0.05, 0) is 33.4 Å². The van der Waals surface area contributed by atoms with E-state index in [4.69, 9.17) is 0 Å². The minimum Gasteiger partial charge on any atom is -0.305 e. The van der Waals surface area contributed by atoms with E-state index in [9.17, 15) is 4.79 Å². The summed E-state index contributed by atoms with van der Waals surface area (Å²) in [6.07, 6.45) is 1.74. The van der Waals surface area contributed by atoms with Crippen LogP contribution in [-0.2, 0) is 5.41 Å². The largest absolute Gasteiger partial charge is 0.305 e. The first kappa shape index (κ1) is 14.4. The van der Waals surface area contributed by atoms with Crippen molar-refractivity contribution in [2.24, 2.45) is 0 Å². The molecule has 0 aliphatic rings. The molecule has 0 radical (unpaired) electrons. The summed E-state index contributed by atoms with van der Waals surface area (Å²) in [5.41, 5.74) is 2.13. The number of nitrogens with one attached hydrogen (secondary N) is 1. The Morgan fingerprint density at radius 2 is 2.10 bits per heavy atom. The zero-order valence-electron chi connectivity index (χ0n) is 11.9. The van der Waals surface area contributed by atoms with E-state index in [1.807, 2.05) is 38.3 Å². The van der Waals surface area contributed by atoms with Gasteiger partial charge in [0, 0.05) is 17.2 Å². The number of H-pyrrole nitrogens is 1. The van der Waals surface area contributed by atoms with Gasteiger partial charge < -0.3 is 4.98 Å². The number of nitrogens with zero attached hydrogens (tertiary/aromatic N) is 2. The fraction of sp³-hybridized carbons (Fsp3) is 0.267. The second-order valence-electron chi connectivity index (χ2n) is 5.86. The molecule has 0 saturated carbocycles. The van der Waals surface area contributed by atoms with E-state index < -0.39 is 0 Å². The van der Waals surface area contributed by atoms with E-state index in [2.05, 4.69) is 30.9 Å². The van der Waals surface area contributed by atoms with Gasteiger partial charge in [-0.3, -0.25) is 9.78 Å². The Balaban J connectivity index is 2.22. The Morgan fingerprint density at radius 3 is 2.81 bits per heavy atom. The molecule has 0 unspecified atom stereocenters. The van der Waals surface area contributed by atoms with Crippen LogP contribution in [0.2, 0.25) is 0 Å². The fourth-order valence-corrected chi connectivity index (χ4v) is 3.63. The van der Waals surface area contributed by atoms with E-state index >= 15 is 0 Å². The van der Waals surface area contributed by atoms with E-state index in [0.29, 0.717) is 10.3 Å². The molecule has 108 valence electrons. The van der Waals surface area contributed by atoms with Crippen molar-refractivity contribution in [3.05, 3.63) is 44.2 Å². The Bertz CT molecular complexity index is 876. The molecule has 0 spiro atoms. The highest BCUT2D eigenvalue weighted by atomic mass is 79.9. The van der Waals surface area contributed by atoms with Crippen LogP contribution in [0.4, 0.5) is 0 Å². The number of hydrogen-bond donors (Lipinski definition) is 1. The van der Waals surface area contributed by atoms with Crippen LogP contribution in [0.3, 0.4) is 0 Å². The molecule has 21 heavy (non-hydrogen) atoms. The Kier molecular flexibility index (Phi) is 3.45. The summed E-state index contributed by atoms with van der Waals surface area (Å²) in [7, 11) is 0. The van der Waals surface area contributed by atoms with Gasteiger partial charge in [-0.25, -0.2) is 4.98 Å². The molecule has 3 aromatic rings. The number of aromatic nitrogens is 3. The van der Waals surface area contributed by atoms with Gasteiger partial charge in [0.05, 0.1) is 15.9 Å². The van der Waals surface area contributed by atoms with Crippen LogP contribution in [0.25, 0.3) is 21.6 Å². The normalized spacial score (nSPS) is 12.0. The number of hydrogen-bond acceptors (Lipinski definition) is 4. The van der Waals surface area contributed by atoms with Crippen molar-refractivity contribution >= 4 is 37.5 Å². The smallest absolute Gasteiger partial charge is 0.265 e. The van der Waals surface area contributed by atoms with Gasteiger partial charge in [-0.2, -0.15) is 0 Å². The van der Waals surface area contributed by atoms with Crippen LogP contribution in [0.15, 0.2) is 33.0 Å². The summed E-state index contributed by atoms with van der Waals surface area (Å²) in [6.45, 7) is 6.10. The Morgan fingerprint density at radius 1 is 1.33 bits per heavy atom. The first-order chi connectivity index (χ1) is 9.86. The zero-order valence-corrected chi connectivity index (χ0v) is 14.3. The molecule has 4 nitrogen and oxygen atoms in total. The van der Waals surface area contributed by atoms with Crippen LogP contribution >= 0.6 is 27.3 Å². The minimum atomic E-state index is -0.220. The second kappa shape index (κ2) is 5.03. The van der Waals surface area contributed by atoms with Gasteiger partial charge in [0.25, 0.3) is 5.56 Å². The maximum absolute atomic E-state index is 12.1. The van der Waals surface area contributed by atoms with Gasteiger partial charge in [0.2, 0.25) is 0 Å². The van der Waals surface area contributed by atoms with E-state index in [1.54, 1.807) is 17.5 Å². The molecule has 0 bridgehead atoms. The van der Waals surface area contributed by atoms with Crippen molar-refractivity contribution < 1.29 is 0 Å². The third kappa shape index (κ3) is 2.65. The highest BCUT2D eigenvalue weighted by molar-refractivity contribution is 9.10. The van der Waals surface area contributed by atoms with E-state index in [1.165, 1.54) is 0 Å². The van der Waals surface area contributed by atoms with Crippen LogP contribution in [0.1, 0.15) is 26.5 Å². The van der Waals surface area contributed by atoms with E-state index in [-0.39, 0.29) is 11.0 Å². The predicted molar refractivity (Wildman–Crippen MR) is 89.9 cm³/mol. The molecular weight excluding hydrogens is 350 g/mol. The van der Waals surface area contributed by atoms with Crippen molar-refractivity contribution in [1.82, 2.24) is 15.0 Å². The molecule has 3 heterocycles. The van der Waals surface area contributed by atoms with Crippen molar-refractivity contribution in [2.75, 3.05) is 0 Å². The standard InChI is InChI=1S/C15H14BrN3OS/c1-15(2,3)12-11(16)14(20)19-13(18-12)8-6-10-9(17-7-8)4-5-21-10/h4-7H,1-3H3,(H,18,19,20). The highest BCUT2D eigenvalue weighted by Gasteiger charge is 2.22. The summed E-state index contributed by atoms with van der Waals surface area (Å²) < 4.78 is 1.57. The van der Waals surface area contributed by atoms with Crippen LogP contribution in [0.5, 0.6) is 0 Å². The third-order valence-electron chi connectivity index (χ3n) is 3.15. The van der Waals surface area contributed by atoms with Gasteiger partial charge in [0.15, 0.2) is 0 Å². The molecule has 0 saturated heterocycles. The number of aromatic amines is 1. The summed E-state index contributed by atoms with van der Waals surface area (Å²) in [4.78, 5) is 24.0. The number of halogens is 1. The SMILES string of the molecule is CC(C)(C)c1nc(-c2cnc3ccsc3c2)[nH]c(=O)c1Br. The molecule has 3 rings (SSSR count). The lowest BCUT2D eigenvalue weighted by atomic mass is 9.92. The van der Waals surface area contributed by atoms with Crippen LogP contribution in [0, 0.1) is 0 Å². The molecule has 3 aromatic heterocycles. The van der Waals surface area contributed by atoms with E-state index in [0.717, 1.165) is 21.5 Å². The highest BCUT2D eigenvalue weighted by Crippen LogP contribution is 2.28. The van der Waals surface area contributed by atoms with Gasteiger partial charge in [0.1, 0.15) is 10.3 Å². The van der Waals surface area contributed by atoms with Gasteiger partial charge in [-0.15, -0.1) is 11.3 Å². The van der Waals surface area contributed by atoms with Crippen LogP contribution in [-0.4, -0.2) is 15.0 Å². The Labute approximate surface area is 134 Å². The number of rotatable bonds is 1. The summed E-state index contributed by atoms with van der Waals surface area (Å²) in [5.74, 6) is 0.552. The second-order valence-corrected chi connectivity index (χ2v) is 7.60. The molecule has 0 atom stereocenters. The lowest BCUT2D eigenvalue weighted by Gasteiger charge is -2.19. The maximum atomic E-state index is 12.1. The molecule has 6 heteroatoms. The minimum absolute atomic E-state index is 0.170. The van der Waals surface area contributed by atoms with Gasteiger partial charge in [-0.1, -0.05) is 20.8 Å². The molecular formula is C15H14BrN3OS. The first-order valence-corrected chi connectivity index (χ1v) is 8.17. The van der Waals surface area contributed by atoms with Crippen molar-refractivity contribution in [3.8, 4) is 11.4 Å². The van der Waals surface area contributed by atoms with Crippen molar-refractivity contribution in [3.63, 3.8) is 0 Å². The fourth-order valence-electron chi connectivity index (χ4n) is 2.07. The van der Waals surface area contributed by atoms with Crippen LogP contribution < -0.4 is 5.56 Å². The molecule has 0 aliphatic carbocycles. The molecule has 0 aliphatic heterocycles. The Hall–Kier alpha value is -1.53. The number of fused-ring (bicyclic) bond motifs is 1. The summed E-state index contributed by atoms with van der Waals surface area (Å²) in [5, 5.41) is 2.00. The first-order valence-electron chi connectivity index (χ1n) is 6.50. The third-order valence-corrected chi connectivity index (χ3v) is 4.74. The summed E-state index contributed by atoms with van der Waals surface area (Å²) in [6, 6.07) is 3.98. The number of thiophene rings is 1. The molecule has 0 fully saturated rings. The van der Waals surface area contributed by atoms with Gasteiger partial charge >= 0.3 is 0 Å². The quantitative estimate of drug-likeness (QED) is 0.707. The zero-order chi connectivity index (χ0) is 15.2. The maximum Gasteiger partial charge on any atom is 0.265 e. The average molecular weight is 364 g/mol. The lowest BCUT2D eigenvalue weighted by Crippen LogP contribution is -2.22. The topological polar surface area (TPSA) is 58.6 Å². The molecule has 0 aromatic carbocycles. The number of pyridine rings is 1. The average Bonchev–Trinajstić information content (AvgIpc) is 2.87. The monoisotopic (exact) mass is 363 g/mol. The lowest BCUT2D eigenvalue weighted by molar-refractivity contribution is 0.562. The van der Waals surface area contributed by atoms with Crippen molar-refractivity contribution in [1.29, 1.82) is 0 Å². The van der Waals surface area contributed by atoms with Crippen molar-refractivity contribution in [2.45, 2.75) is 26.2 Å². The molecule has 0 amide bonds.